The molecule has 0 aliphatic heterocycles. The van der Waals surface area contributed by atoms with Crippen LogP contribution in [-0.4, -0.2) is 16.1 Å². The maximum absolute atomic E-state index is 11.0. The number of halogens is 1. The minimum atomic E-state index is -1.04. The zero-order valence-electron chi connectivity index (χ0n) is 8.63. The molecule has 0 amide bonds. The van der Waals surface area contributed by atoms with Crippen LogP contribution in [0.25, 0.3) is 0 Å². The summed E-state index contributed by atoms with van der Waals surface area (Å²) in [6, 6.07) is 10.7. The maximum atomic E-state index is 11.0. The summed E-state index contributed by atoms with van der Waals surface area (Å²) in [6.07, 6.45) is 1.46. The van der Waals surface area contributed by atoms with E-state index >= 15 is 0 Å². The SMILES string of the molecule is O=C(O)c1ncccc1Sc1ccccc1Cl. The van der Waals surface area contributed by atoms with Crippen LogP contribution in [0, 0.1) is 0 Å². The van der Waals surface area contributed by atoms with E-state index in [2.05, 4.69) is 4.98 Å². The van der Waals surface area contributed by atoms with Gasteiger partial charge < -0.3 is 5.11 Å². The number of carboxylic acids is 1. The van der Waals surface area contributed by atoms with Crippen molar-refractivity contribution >= 4 is 29.3 Å². The number of pyridine rings is 1. The van der Waals surface area contributed by atoms with Gasteiger partial charge >= 0.3 is 5.97 Å². The lowest BCUT2D eigenvalue weighted by Gasteiger charge is -2.05. The van der Waals surface area contributed by atoms with Crippen molar-refractivity contribution < 1.29 is 9.90 Å². The van der Waals surface area contributed by atoms with Gasteiger partial charge in [0.2, 0.25) is 0 Å². The van der Waals surface area contributed by atoms with E-state index in [0.717, 1.165) is 4.90 Å². The number of nitrogens with zero attached hydrogens (tertiary/aromatic N) is 1. The van der Waals surface area contributed by atoms with Gasteiger partial charge in [-0.3, -0.25) is 0 Å². The molecule has 3 nitrogen and oxygen atoms in total. The van der Waals surface area contributed by atoms with Crippen LogP contribution in [0.2, 0.25) is 5.02 Å². The number of carbonyl (C=O) groups is 1. The van der Waals surface area contributed by atoms with Crippen LogP contribution in [0.5, 0.6) is 0 Å². The summed E-state index contributed by atoms with van der Waals surface area (Å²) < 4.78 is 0. The van der Waals surface area contributed by atoms with Crippen molar-refractivity contribution in [2.45, 2.75) is 9.79 Å². The maximum Gasteiger partial charge on any atom is 0.355 e. The summed E-state index contributed by atoms with van der Waals surface area (Å²) in [6.45, 7) is 0. The highest BCUT2D eigenvalue weighted by Gasteiger charge is 2.12. The van der Waals surface area contributed by atoms with Crippen molar-refractivity contribution in [2.75, 3.05) is 0 Å². The molecule has 0 fully saturated rings. The molecule has 0 saturated carbocycles. The van der Waals surface area contributed by atoms with Gasteiger partial charge in [0.25, 0.3) is 0 Å². The summed E-state index contributed by atoms with van der Waals surface area (Å²) in [4.78, 5) is 16.2. The highest BCUT2D eigenvalue weighted by molar-refractivity contribution is 7.99. The van der Waals surface area contributed by atoms with Crippen molar-refractivity contribution in [1.29, 1.82) is 0 Å². The highest BCUT2D eigenvalue weighted by atomic mass is 35.5. The van der Waals surface area contributed by atoms with Gasteiger partial charge in [0.1, 0.15) is 0 Å². The number of rotatable bonds is 3. The van der Waals surface area contributed by atoms with E-state index in [1.807, 2.05) is 18.2 Å². The molecule has 5 heteroatoms. The molecule has 1 aromatic heterocycles. The van der Waals surface area contributed by atoms with Gasteiger partial charge in [-0.05, 0) is 24.3 Å². The molecule has 2 aromatic rings. The van der Waals surface area contributed by atoms with E-state index in [0.29, 0.717) is 9.92 Å². The first-order valence-electron chi connectivity index (χ1n) is 4.79. The molecular formula is C12H8ClNO2S. The van der Waals surface area contributed by atoms with E-state index in [9.17, 15) is 4.79 Å². The van der Waals surface area contributed by atoms with Crippen LogP contribution < -0.4 is 0 Å². The zero-order chi connectivity index (χ0) is 12.3. The lowest BCUT2D eigenvalue weighted by atomic mass is 10.3. The second-order valence-electron chi connectivity index (χ2n) is 3.19. The molecular weight excluding hydrogens is 258 g/mol. The number of aromatic nitrogens is 1. The Balaban J connectivity index is 2.37. The van der Waals surface area contributed by atoms with Gasteiger partial charge in [-0.15, -0.1) is 0 Å². The Morgan fingerprint density at radius 3 is 2.59 bits per heavy atom. The van der Waals surface area contributed by atoms with Crippen LogP contribution >= 0.6 is 23.4 Å². The Hall–Kier alpha value is -1.52. The normalized spacial score (nSPS) is 10.2. The third kappa shape index (κ3) is 2.78. The number of hydrogen-bond donors (Lipinski definition) is 1. The molecule has 0 unspecified atom stereocenters. The molecule has 0 spiro atoms. The van der Waals surface area contributed by atoms with Crippen LogP contribution in [0.4, 0.5) is 0 Å². The second-order valence-corrected chi connectivity index (χ2v) is 4.68. The molecule has 0 aliphatic rings. The van der Waals surface area contributed by atoms with E-state index in [4.69, 9.17) is 16.7 Å². The summed E-state index contributed by atoms with van der Waals surface area (Å²) in [7, 11) is 0. The fraction of sp³-hybridized carbons (Fsp3) is 0. The molecule has 17 heavy (non-hydrogen) atoms. The summed E-state index contributed by atoms with van der Waals surface area (Å²) in [5.74, 6) is -1.04. The topological polar surface area (TPSA) is 50.2 Å². The first-order chi connectivity index (χ1) is 8.18. The van der Waals surface area contributed by atoms with Gasteiger partial charge in [0.05, 0.1) is 5.02 Å². The average Bonchev–Trinajstić information content (AvgIpc) is 2.32. The van der Waals surface area contributed by atoms with Gasteiger partial charge in [-0.1, -0.05) is 35.5 Å². The lowest BCUT2D eigenvalue weighted by Crippen LogP contribution is -2.01. The van der Waals surface area contributed by atoms with Crippen molar-refractivity contribution in [3.8, 4) is 0 Å². The van der Waals surface area contributed by atoms with Gasteiger partial charge in [0, 0.05) is 16.0 Å². The van der Waals surface area contributed by atoms with Gasteiger partial charge in [-0.25, -0.2) is 9.78 Å². The standard InChI is InChI=1S/C12H8ClNO2S/c13-8-4-1-2-5-9(8)17-10-6-3-7-14-11(10)12(15)16/h1-7H,(H,15,16). The van der Waals surface area contributed by atoms with E-state index in [1.165, 1.54) is 18.0 Å². The average molecular weight is 266 g/mol. The van der Waals surface area contributed by atoms with Crippen molar-refractivity contribution in [2.24, 2.45) is 0 Å². The number of carboxylic acid groups (broad SMARTS) is 1. The van der Waals surface area contributed by atoms with Crippen LogP contribution in [0.3, 0.4) is 0 Å². The summed E-state index contributed by atoms with van der Waals surface area (Å²) in [5, 5.41) is 9.60. The van der Waals surface area contributed by atoms with Crippen molar-refractivity contribution in [3.05, 3.63) is 53.3 Å². The Morgan fingerprint density at radius 1 is 1.18 bits per heavy atom. The quantitative estimate of drug-likeness (QED) is 0.921. The first kappa shape index (κ1) is 12.0. The number of benzene rings is 1. The molecule has 1 aromatic carbocycles. The molecule has 1 heterocycles. The molecule has 2 rings (SSSR count). The minimum Gasteiger partial charge on any atom is -0.476 e. The summed E-state index contributed by atoms with van der Waals surface area (Å²) in [5.41, 5.74) is 0.0393. The molecule has 0 atom stereocenters. The predicted molar refractivity (Wildman–Crippen MR) is 66.8 cm³/mol. The number of hydrogen-bond acceptors (Lipinski definition) is 3. The van der Waals surface area contributed by atoms with Crippen molar-refractivity contribution in [1.82, 2.24) is 4.98 Å². The third-order valence-electron chi connectivity index (χ3n) is 2.03. The highest BCUT2D eigenvalue weighted by Crippen LogP contribution is 2.34. The Kier molecular flexibility index (Phi) is 3.66. The zero-order valence-corrected chi connectivity index (χ0v) is 10.2. The number of aromatic carboxylic acids is 1. The van der Waals surface area contributed by atoms with Crippen LogP contribution in [0.1, 0.15) is 10.5 Å². The van der Waals surface area contributed by atoms with E-state index < -0.39 is 5.97 Å². The Bertz CT molecular complexity index is 560. The minimum absolute atomic E-state index is 0.0393. The molecule has 0 bridgehead atoms. The monoisotopic (exact) mass is 265 g/mol. The second kappa shape index (κ2) is 5.21. The van der Waals surface area contributed by atoms with E-state index in [-0.39, 0.29) is 5.69 Å². The lowest BCUT2D eigenvalue weighted by molar-refractivity contribution is 0.0686. The molecule has 0 saturated heterocycles. The van der Waals surface area contributed by atoms with E-state index in [1.54, 1.807) is 18.2 Å². The molecule has 1 N–H and O–H groups in total. The molecule has 0 aliphatic carbocycles. The van der Waals surface area contributed by atoms with Gasteiger partial charge in [-0.2, -0.15) is 0 Å². The smallest absolute Gasteiger partial charge is 0.355 e. The molecule has 0 radical (unpaired) electrons. The first-order valence-corrected chi connectivity index (χ1v) is 5.98. The predicted octanol–water partition coefficient (Wildman–Crippen LogP) is 3.58. The van der Waals surface area contributed by atoms with Gasteiger partial charge in [0.15, 0.2) is 5.69 Å². The van der Waals surface area contributed by atoms with Crippen molar-refractivity contribution in [3.63, 3.8) is 0 Å². The molecule has 86 valence electrons. The fourth-order valence-electron chi connectivity index (χ4n) is 1.28. The van der Waals surface area contributed by atoms with Crippen LogP contribution in [-0.2, 0) is 0 Å². The van der Waals surface area contributed by atoms with Crippen LogP contribution in [0.15, 0.2) is 52.4 Å². The Morgan fingerprint density at radius 2 is 1.88 bits per heavy atom. The summed E-state index contributed by atoms with van der Waals surface area (Å²) >= 11 is 7.31. The largest absolute Gasteiger partial charge is 0.476 e. The third-order valence-corrected chi connectivity index (χ3v) is 3.60. The Labute approximate surface area is 107 Å². The fourth-order valence-corrected chi connectivity index (χ4v) is 2.46.